The van der Waals surface area contributed by atoms with Gasteiger partial charge in [0.1, 0.15) is 0 Å². The molecule has 0 aromatic heterocycles. The van der Waals surface area contributed by atoms with Gasteiger partial charge in [-0.25, -0.2) is 8.42 Å². The Bertz CT molecular complexity index is 810. The van der Waals surface area contributed by atoms with Crippen LogP contribution in [0.5, 0.6) is 0 Å². The molecule has 1 amide bonds. The van der Waals surface area contributed by atoms with Gasteiger partial charge >= 0.3 is 0 Å². The van der Waals surface area contributed by atoms with E-state index in [1.807, 2.05) is 32.0 Å². The first kappa shape index (κ1) is 16.2. The second-order valence-electron chi connectivity index (χ2n) is 5.42. The molecule has 0 atom stereocenters. The number of sulfone groups is 1. The van der Waals surface area contributed by atoms with Gasteiger partial charge in [0.2, 0.25) is 5.91 Å². The van der Waals surface area contributed by atoms with E-state index in [2.05, 4.69) is 5.32 Å². The molecule has 0 aliphatic rings. The van der Waals surface area contributed by atoms with Crippen molar-refractivity contribution in [2.75, 3.05) is 11.6 Å². The summed E-state index contributed by atoms with van der Waals surface area (Å²) < 4.78 is 23.5. The predicted molar refractivity (Wildman–Crippen MR) is 87.8 cm³/mol. The zero-order valence-corrected chi connectivity index (χ0v) is 13.7. The van der Waals surface area contributed by atoms with Crippen LogP contribution >= 0.6 is 0 Å². The highest BCUT2D eigenvalue weighted by atomic mass is 32.2. The minimum absolute atomic E-state index is 0.129. The average molecular weight is 317 g/mol. The molecule has 0 saturated heterocycles. The zero-order valence-electron chi connectivity index (χ0n) is 12.9. The van der Waals surface area contributed by atoms with Crippen molar-refractivity contribution < 1.29 is 13.2 Å². The number of hydrogen-bond donors (Lipinski definition) is 1. The van der Waals surface area contributed by atoms with Crippen molar-refractivity contribution in [2.24, 2.45) is 0 Å². The maximum absolute atomic E-state index is 12.2. The lowest BCUT2D eigenvalue weighted by atomic mass is 10.0. The van der Waals surface area contributed by atoms with Crippen LogP contribution in [0.3, 0.4) is 0 Å². The van der Waals surface area contributed by atoms with E-state index < -0.39 is 9.84 Å². The first-order chi connectivity index (χ1) is 10.3. The number of aryl methyl sites for hydroxylation is 2. The lowest BCUT2D eigenvalue weighted by Crippen LogP contribution is -2.17. The van der Waals surface area contributed by atoms with Crippen molar-refractivity contribution in [3.8, 4) is 0 Å². The molecule has 0 saturated carbocycles. The maximum atomic E-state index is 12.2. The molecule has 2 aromatic carbocycles. The molecule has 2 rings (SSSR count). The highest BCUT2D eigenvalue weighted by molar-refractivity contribution is 7.90. The van der Waals surface area contributed by atoms with E-state index in [9.17, 15) is 13.2 Å². The standard InChI is InChI=1S/C17H19NO3S/c1-12-8-9-14(13(2)10-12)11-17(19)18-15-6-4-5-7-16(15)22(3,20)21/h4-10H,11H2,1-3H3,(H,18,19). The van der Waals surface area contributed by atoms with Crippen LogP contribution in [0.1, 0.15) is 16.7 Å². The molecular formula is C17H19NO3S. The van der Waals surface area contributed by atoms with Gasteiger partial charge in [-0.1, -0.05) is 35.9 Å². The van der Waals surface area contributed by atoms with Gasteiger partial charge in [0.05, 0.1) is 17.0 Å². The normalized spacial score (nSPS) is 11.2. The van der Waals surface area contributed by atoms with Crippen molar-refractivity contribution in [2.45, 2.75) is 25.2 Å². The summed E-state index contributed by atoms with van der Waals surface area (Å²) in [6, 6.07) is 12.3. The molecule has 0 bridgehead atoms. The number of rotatable bonds is 4. The largest absolute Gasteiger partial charge is 0.325 e. The number of benzene rings is 2. The zero-order chi connectivity index (χ0) is 16.3. The van der Waals surface area contributed by atoms with Gasteiger partial charge in [-0.2, -0.15) is 0 Å². The van der Waals surface area contributed by atoms with E-state index in [0.717, 1.165) is 22.9 Å². The summed E-state index contributed by atoms with van der Waals surface area (Å²) in [7, 11) is -3.38. The van der Waals surface area contributed by atoms with Gasteiger partial charge in [0.25, 0.3) is 0 Å². The summed E-state index contributed by atoms with van der Waals surface area (Å²) in [5.74, 6) is -0.233. The van der Waals surface area contributed by atoms with Crippen molar-refractivity contribution >= 4 is 21.4 Å². The Morgan fingerprint density at radius 1 is 1.09 bits per heavy atom. The first-order valence-corrected chi connectivity index (χ1v) is 8.81. The SMILES string of the molecule is Cc1ccc(CC(=O)Nc2ccccc2S(C)(=O)=O)c(C)c1. The highest BCUT2D eigenvalue weighted by Crippen LogP contribution is 2.21. The Hall–Kier alpha value is -2.14. The fraction of sp³-hybridized carbons (Fsp3) is 0.235. The molecule has 2 aromatic rings. The predicted octanol–water partition coefficient (Wildman–Crippen LogP) is 2.89. The number of hydrogen-bond acceptors (Lipinski definition) is 3. The monoisotopic (exact) mass is 317 g/mol. The van der Waals surface area contributed by atoms with Crippen molar-refractivity contribution in [3.63, 3.8) is 0 Å². The number of anilines is 1. The van der Waals surface area contributed by atoms with Crippen LogP contribution in [0.25, 0.3) is 0 Å². The molecule has 0 fully saturated rings. The van der Waals surface area contributed by atoms with E-state index in [1.165, 1.54) is 6.07 Å². The van der Waals surface area contributed by atoms with Crippen molar-refractivity contribution in [1.82, 2.24) is 0 Å². The molecule has 0 aliphatic carbocycles. The van der Waals surface area contributed by atoms with Gasteiger partial charge in [-0.15, -0.1) is 0 Å². The molecule has 0 unspecified atom stereocenters. The van der Waals surface area contributed by atoms with Crippen molar-refractivity contribution in [3.05, 3.63) is 59.2 Å². The summed E-state index contributed by atoms with van der Waals surface area (Å²) >= 11 is 0. The smallest absolute Gasteiger partial charge is 0.228 e. The number of nitrogens with one attached hydrogen (secondary N) is 1. The van der Waals surface area contributed by atoms with Gasteiger partial charge in [-0.3, -0.25) is 4.79 Å². The molecule has 0 spiro atoms. The van der Waals surface area contributed by atoms with E-state index in [1.54, 1.807) is 18.2 Å². The minimum atomic E-state index is -3.38. The number of carbonyl (C=O) groups excluding carboxylic acids is 1. The quantitative estimate of drug-likeness (QED) is 0.943. The Kier molecular flexibility index (Phi) is 4.66. The molecular weight excluding hydrogens is 298 g/mol. The summed E-state index contributed by atoms with van der Waals surface area (Å²) in [6.07, 6.45) is 1.34. The third kappa shape index (κ3) is 3.95. The average Bonchev–Trinajstić information content (AvgIpc) is 2.41. The lowest BCUT2D eigenvalue weighted by molar-refractivity contribution is -0.115. The van der Waals surface area contributed by atoms with Gasteiger partial charge < -0.3 is 5.32 Å². The van der Waals surface area contributed by atoms with E-state index in [0.29, 0.717) is 5.69 Å². The number of amides is 1. The van der Waals surface area contributed by atoms with E-state index in [-0.39, 0.29) is 17.2 Å². The van der Waals surface area contributed by atoms with Crippen LogP contribution in [0.2, 0.25) is 0 Å². The fourth-order valence-electron chi connectivity index (χ4n) is 2.30. The minimum Gasteiger partial charge on any atom is -0.325 e. The Morgan fingerprint density at radius 3 is 2.41 bits per heavy atom. The summed E-state index contributed by atoms with van der Waals surface area (Å²) in [4.78, 5) is 12.3. The van der Waals surface area contributed by atoms with E-state index in [4.69, 9.17) is 0 Å². The molecule has 0 heterocycles. The second-order valence-corrected chi connectivity index (χ2v) is 7.41. The topological polar surface area (TPSA) is 63.2 Å². The van der Waals surface area contributed by atoms with Crippen molar-refractivity contribution in [1.29, 1.82) is 0 Å². The molecule has 4 nitrogen and oxygen atoms in total. The fourth-order valence-corrected chi connectivity index (χ4v) is 3.15. The summed E-state index contributed by atoms with van der Waals surface area (Å²) in [6.45, 7) is 3.96. The summed E-state index contributed by atoms with van der Waals surface area (Å²) in [5, 5.41) is 2.69. The Morgan fingerprint density at radius 2 is 1.77 bits per heavy atom. The number of para-hydroxylation sites is 1. The van der Waals surface area contributed by atoms with Crippen LogP contribution < -0.4 is 5.32 Å². The van der Waals surface area contributed by atoms with Crippen LogP contribution in [-0.4, -0.2) is 20.6 Å². The highest BCUT2D eigenvalue weighted by Gasteiger charge is 2.15. The molecule has 0 radical (unpaired) electrons. The second kappa shape index (κ2) is 6.32. The number of carbonyl (C=O) groups is 1. The van der Waals surface area contributed by atoms with Gasteiger partial charge in [0, 0.05) is 6.26 Å². The molecule has 0 aliphatic heterocycles. The Balaban J connectivity index is 2.20. The van der Waals surface area contributed by atoms with Gasteiger partial charge in [-0.05, 0) is 37.1 Å². The van der Waals surface area contributed by atoms with Crippen LogP contribution in [0, 0.1) is 13.8 Å². The molecule has 116 valence electrons. The first-order valence-electron chi connectivity index (χ1n) is 6.92. The molecule has 1 N–H and O–H groups in total. The summed E-state index contributed by atoms with van der Waals surface area (Å²) in [5.41, 5.74) is 3.44. The third-order valence-corrected chi connectivity index (χ3v) is 4.56. The molecule has 22 heavy (non-hydrogen) atoms. The van der Waals surface area contributed by atoms with Gasteiger partial charge in [0.15, 0.2) is 9.84 Å². The van der Waals surface area contributed by atoms with E-state index >= 15 is 0 Å². The molecule has 5 heteroatoms. The Labute approximate surface area is 131 Å². The lowest BCUT2D eigenvalue weighted by Gasteiger charge is -2.11. The van der Waals surface area contributed by atoms with Crippen LogP contribution in [0.4, 0.5) is 5.69 Å². The van der Waals surface area contributed by atoms with Crippen LogP contribution in [-0.2, 0) is 21.1 Å². The maximum Gasteiger partial charge on any atom is 0.228 e. The van der Waals surface area contributed by atoms with Crippen LogP contribution in [0.15, 0.2) is 47.4 Å². The third-order valence-electron chi connectivity index (χ3n) is 3.41.